The van der Waals surface area contributed by atoms with E-state index in [1.807, 2.05) is 0 Å². The molecule has 1 heterocycles. The largest absolute Gasteiger partial charge is 0.369 e. The maximum absolute atomic E-state index is 4.67. The molecule has 0 atom stereocenters. The van der Waals surface area contributed by atoms with Crippen molar-refractivity contribution in [1.29, 1.82) is 0 Å². The number of rotatable bonds is 4. The molecule has 0 bridgehead atoms. The van der Waals surface area contributed by atoms with Gasteiger partial charge in [0.1, 0.15) is 0 Å². The maximum Gasteiger partial charge on any atom is 0.0967 e. The summed E-state index contributed by atoms with van der Waals surface area (Å²) in [7, 11) is 0. The Morgan fingerprint density at radius 2 is 1.89 bits per heavy atom. The van der Waals surface area contributed by atoms with E-state index in [0.29, 0.717) is 0 Å². The van der Waals surface area contributed by atoms with Gasteiger partial charge >= 0.3 is 0 Å². The summed E-state index contributed by atoms with van der Waals surface area (Å²) in [6.45, 7) is 5.56. The monoisotopic (exact) mass is 258 g/mol. The predicted octanol–water partition coefficient (Wildman–Crippen LogP) is 3.96. The summed E-state index contributed by atoms with van der Waals surface area (Å²) in [4.78, 5) is 4.67. The topological polar surface area (TPSA) is 24.4 Å². The van der Waals surface area contributed by atoms with E-state index >= 15 is 0 Å². The number of hydrogen-bond acceptors (Lipinski definition) is 2. The van der Waals surface area contributed by atoms with Crippen LogP contribution >= 0.6 is 0 Å². The second-order valence-corrected chi connectivity index (χ2v) is 6.13. The minimum Gasteiger partial charge on any atom is -0.369 e. The van der Waals surface area contributed by atoms with Gasteiger partial charge in [0.05, 0.1) is 5.84 Å². The molecule has 104 valence electrons. The van der Waals surface area contributed by atoms with E-state index in [4.69, 9.17) is 0 Å². The summed E-state index contributed by atoms with van der Waals surface area (Å²) >= 11 is 0. The first kappa shape index (κ1) is 14.1. The van der Waals surface area contributed by atoms with E-state index in [9.17, 15) is 0 Å². The predicted molar refractivity (Wildman–Crippen MR) is 82.7 cm³/mol. The van der Waals surface area contributed by atoms with Crippen LogP contribution in [0.2, 0.25) is 0 Å². The third-order valence-electron chi connectivity index (χ3n) is 3.74. The zero-order valence-corrected chi connectivity index (χ0v) is 12.3. The fourth-order valence-corrected chi connectivity index (χ4v) is 2.53. The highest BCUT2D eigenvalue weighted by Crippen LogP contribution is 2.15. The van der Waals surface area contributed by atoms with Crippen molar-refractivity contribution in [3.63, 3.8) is 0 Å². The molecule has 0 saturated carbocycles. The van der Waals surface area contributed by atoms with E-state index in [2.05, 4.69) is 54.5 Å². The van der Waals surface area contributed by atoms with Gasteiger partial charge in [-0.15, -0.1) is 0 Å². The normalized spacial score (nSPS) is 16.6. The second kappa shape index (κ2) is 6.74. The lowest BCUT2D eigenvalue weighted by Crippen LogP contribution is -2.43. The minimum absolute atomic E-state index is 0.124. The van der Waals surface area contributed by atoms with Crippen LogP contribution in [0.3, 0.4) is 0 Å². The van der Waals surface area contributed by atoms with Gasteiger partial charge in [-0.1, -0.05) is 36.8 Å². The number of hydrogen-bond donors (Lipinski definition) is 1. The Morgan fingerprint density at radius 1 is 1.11 bits per heavy atom. The van der Waals surface area contributed by atoms with Crippen molar-refractivity contribution in [2.24, 2.45) is 4.99 Å². The van der Waals surface area contributed by atoms with Crippen LogP contribution < -0.4 is 5.32 Å². The molecule has 1 N–H and O–H groups in total. The van der Waals surface area contributed by atoms with E-state index in [-0.39, 0.29) is 5.54 Å². The second-order valence-electron chi connectivity index (χ2n) is 6.13. The molecule has 0 radical (unpaired) electrons. The van der Waals surface area contributed by atoms with Crippen molar-refractivity contribution in [3.8, 4) is 0 Å². The number of aliphatic imine (C=N–C) groups is 1. The lowest BCUT2D eigenvalue weighted by atomic mass is 9.95. The highest BCUT2D eigenvalue weighted by atomic mass is 15.0. The number of amidine groups is 1. The van der Waals surface area contributed by atoms with Crippen molar-refractivity contribution in [3.05, 3.63) is 35.9 Å². The summed E-state index contributed by atoms with van der Waals surface area (Å²) < 4.78 is 0. The first-order valence-corrected chi connectivity index (χ1v) is 7.51. The van der Waals surface area contributed by atoms with Crippen LogP contribution in [0, 0.1) is 0 Å². The Bertz CT molecular complexity index is 407. The van der Waals surface area contributed by atoms with Crippen LogP contribution in [-0.2, 0) is 6.42 Å². The highest BCUT2D eigenvalue weighted by molar-refractivity contribution is 5.83. The van der Waals surface area contributed by atoms with Gasteiger partial charge in [0.15, 0.2) is 0 Å². The molecule has 0 aromatic heterocycles. The van der Waals surface area contributed by atoms with Gasteiger partial charge in [0.2, 0.25) is 0 Å². The molecular weight excluding hydrogens is 232 g/mol. The van der Waals surface area contributed by atoms with Gasteiger partial charge in [-0.3, -0.25) is 4.99 Å². The van der Waals surface area contributed by atoms with Crippen molar-refractivity contribution in [2.45, 2.75) is 57.9 Å². The summed E-state index contributed by atoms with van der Waals surface area (Å²) in [6, 6.07) is 10.7. The van der Waals surface area contributed by atoms with E-state index in [1.165, 1.54) is 30.7 Å². The molecule has 0 saturated heterocycles. The molecule has 1 aromatic rings. The fraction of sp³-hybridized carbons (Fsp3) is 0.588. The zero-order valence-electron chi connectivity index (χ0n) is 12.3. The van der Waals surface area contributed by atoms with Crippen LogP contribution in [0.25, 0.3) is 0 Å². The summed E-state index contributed by atoms with van der Waals surface area (Å²) in [5, 5.41) is 3.66. The first-order valence-electron chi connectivity index (χ1n) is 7.51. The smallest absolute Gasteiger partial charge is 0.0967 e. The lowest BCUT2D eigenvalue weighted by molar-refractivity contribution is 0.422. The molecular formula is C17H26N2. The summed E-state index contributed by atoms with van der Waals surface area (Å²) in [5.74, 6) is 1.22. The SMILES string of the molecule is CC(C)(CCc1ccccc1)NC1=NCCCCC1. The maximum atomic E-state index is 4.67. The van der Waals surface area contributed by atoms with Gasteiger partial charge in [-0.25, -0.2) is 0 Å². The van der Waals surface area contributed by atoms with Gasteiger partial charge < -0.3 is 5.32 Å². The van der Waals surface area contributed by atoms with Crippen molar-refractivity contribution >= 4 is 5.84 Å². The number of aryl methyl sites for hydroxylation is 1. The van der Waals surface area contributed by atoms with Gasteiger partial charge in [0.25, 0.3) is 0 Å². The Balaban J connectivity index is 1.85. The van der Waals surface area contributed by atoms with Crippen molar-refractivity contribution in [2.75, 3.05) is 6.54 Å². The molecule has 0 unspecified atom stereocenters. The van der Waals surface area contributed by atoms with E-state index in [1.54, 1.807) is 0 Å². The van der Waals surface area contributed by atoms with E-state index < -0.39 is 0 Å². The molecule has 0 aliphatic carbocycles. The molecule has 0 fully saturated rings. The summed E-state index contributed by atoms with van der Waals surface area (Å²) in [5.41, 5.74) is 1.54. The van der Waals surface area contributed by atoms with Crippen LogP contribution in [-0.4, -0.2) is 17.9 Å². The molecule has 2 rings (SSSR count). The van der Waals surface area contributed by atoms with Crippen molar-refractivity contribution < 1.29 is 0 Å². The Kier molecular flexibility index (Phi) is 5.00. The van der Waals surface area contributed by atoms with Crippen LogP contribution in [0.15, 0.2) is 35.3 Å². The van der Waals surface area contributed by atoms with Crippen molar-refractivity contribution in [1.82, 2.24) is 5.32 Å². The van der Waals surface area contributed by atoms with Crippen LogP contribution in [0.4, 0.5) is 0 Å². The minimum atomic E-state index is 0.124. The average molecular weight is 258 g/mol. The van der Waals surface area contributed by atoms with Crippen LogP contribution in [0.5, 0.6) is 0 Å². The quantitative estimate of drug-likeness (QED) is 0.868. The number of nitrogens with zero attached hydrogens (tertiary/aromatic N) is 1. The van der Waals surface area contributed by atoms with E-state index in [0.717, 1.165) is 25.8 Å². The molecule has 0 amide bonds. The lowest BCUT2D eigenvalue weighted by Gasteiger charge is -2.28. The van der Waals surface area contributed by atoms with Gasteiger partial charge in [0, 0.05) is 18.5 Å². The zero-order chi connectivity index (χ0) is 13.6. The molecule has 1 aliphatic heterocycles. The first-order chi connectivity index (χ1) is 9.16. The molecule has 0 spiro atoms. The van der Waals surface area contributed by atoms with Crippen LogP contribution in [0.1, 0.15) is 51.5 Å². The average Bonchev–Trinajstić information content (AvgIpc) is 2.66. The third kappa shape index (κ3) is 5.06. The molecule has 2 nitrogen and oxygen atoms in total. The number of nitrogens with one attached hydrogen (secondary N) is 1. The van der Waals surface area contributed by atoms with Gasteiger partial charge in [-0.05, 0) is 45.1 Å². The molecule has 2 heteroatoms. The number of benzene rings is 1. The molecule has 1 aromatic carbocycles. The Hall–Kier alpha value is -1.31. The Labute approximate surface area is 117 Å². The standard InChI is InChI=1S/C17H26N2/c1-17(2,13-12-15-9-5-3-6-10-15)19-16-11-7-4-8-14-18-16/h3,5-6,9-10H,4,7-8,11-14H2,1-2H3,(H,18,19). The Morgan fingerprint density at radius 3 is 2.68 bits per heavy atom. The highest BCUT2D eigenvalue weighted by Gasteiger charge is 2.19. The summed E-state index contributed by atoms with van der Waals surface area (Å²) in [6.07, 6.45) is 7.22. The third-order valence-corrected chi connectivity index (χ3v) is 3.74. The molecule has 1 aliphatic rings. The van der Waals surface area contributed by atoms with Gasteiger partial charge in [-0.2, -0.15) is 0 Å². The molecule has 19 heavy (non-hydrogen) atoms. The fourth-order valence-electron chi connectivity index (χ4n) is 2.53.